The van der Waals surface area contributed by atoms with Gasteiger partial charge in [-0.2, -0.15) is 0 Å². The third-order valence-electron chi connectivity index (χ3n) is 2.21. The molecule has 0 saturated carbocycles. The zero-order chi connectivity index (χ0) is 13.0. The number of furan rings is 1. The highest BCUT2D eigenvalue weighted by molar-refractivity contribution is 9.10. The van der Waals surface area contributed by atoms with Gasteiger partial charge in [-0.3, -0.25) is 15.6 Å². The molecule has 0 spiro atoms. The Hall–Kier alpha value is -1.95. The first-order chi connectivity index (χ1) is 8.69. The van der Waals surface area contributed by atoms with Gasteiger partial charge in [-0.15, -0.1) is 0 Å². The maximum Gasteiger partial charge on any atom is 0.305 e. The maximum absolute atomic E-state index is 11.6. The van der Waals surface area contributed by atoms with Gasteiger partial charge < -0.3 is 9.15 Å². The van der Waals surface area contributed by atoms with Crippen molar-refractivity contribution in [3.05, 3.63) is 46.8 Å². The largest absolute Gasteiger partial charge is 0.497 e. The van der Waals surface area contributed by atoms with Crippen LogP contribution in [0, 0.1) is 0 Å². The van der Waals surface area contributed by atoms with Crippen LogP contribution in [0.4, 0.5) is 5.69 Å². The number of anilines is 1. The van der Waals surface area contributed by atoms with E-state index in [1.165, 1.54) is 0 Å². The van der Waals surface area contributed by atoms with Crippen molar-refractivity contribution in [3.8, 4) is 5.75 Å². The van der Waals surface area contributed by atoms with E-state index in [2.05, 4.69) is 26.8 Å². The third kappa shape index (κ3) is 3.04. The highest BCUT2D eigenvalue weighted by Gasteiger charge is 2.09. The van der Waals surface area contributed by atoms with E-state index >= 15 is 0 Å². The van der Waals surface area contributed by atoms with Crippen LogP contribution in [0.1, 0.15) is 10.6 Å². The van der Waals surface area contributed by atoms with Gasteiger partial charge in [-0.25, -0.2) is 0 Å². The van der Waals surface area contributed by atoms with Crippen LogP contribution in [-0.4, -0.2) is 13.0 Å². The molecule has 1 aromatic heterocycles. The summed E-state index contributed by atoms with van der Waals surface area (Å²) < 4.78 is 10.7. The van der Waals surface area contributed by atoms with Crippen molar-refractivity contribution in [1.82, 2.24) is 5.43 Å². The Morgan fingerprint density at radius 1 is 1.22 bits per heavy atom. The second-order valence-electron chi connectivity index (χ2n) is 3.41. The average Bonchev–Trinajstić information content (AvgIpc) is 2.83. The molecule has 0 bridgehead atoms. The summed E-state index contributed by atoms with van der Waals surface area (Å²) in [5.41, 5.74) is 6.04. The Morgan fingerprint density at radius 2 is 1.94 bits per heavy atom. The van der Waals surface area contributed by atoms with Crippen LogP contribution in [0.25, 0.3) is 0 Å². The number of hydrogen-bond acceptors (Lipinski definition) is 4. The standard InChI is InChI=1S/C12H11BrN2O3/c1-17-9-4-2-8(3-5-9)14-15-12(16)10-6-7-11(13)18-10/h2-7,14H,1H3,(H,15,16). The molecule has 18 heavy (non-hydrogen) atoms. The number of halogens is 1. The molecule has 0 fully saturated rings. The summed E-state index contributed by atoms with van der Waals surface area (Å²) in [6.07, 6.45) is 0. The SMILES string of the molecule is COc1ccc(NNC(=O)c2ccc(Br)o2)cc1. The second-order valence-corrected chi connectivity index (χ2v) is 4.19. The van der Waals surface area contributed by atoms with Crippen LogP contribution in [0.2, 0.25) is 0 Å². The Morgan fingerprint density at radius 3 is 2.50 bits per heavy atom. The number of nitrogens with one attached hydrogen (secondary N) is 2. The third-order valence-corrected chi connectivity index (χ3v) is 2.63. The van der Waals surface area contributed by atoms with Crippen molar-refractivity contribution >= 4 is 27.5 Å². The lowest BCUT2D eigenvalue weighted by Gasteiger charge is -2.07. The van der Waals surface area contributed by atoms with E-state index in [0.717, 1.165) is 11.4 Å². The normalized spacial score (nSPS) is 9.89. The van der Waals surface area contributed by atoms with Gasteiger partial charge in [0.05, 0.1) is 12.8 Å². The highest BCUT2D eigenvalue weighted by Crippen LogP contribution is 2.15. The van der Waals surface area contributed by atoms with Crippen molar-refractivity contribution in [2.75, 3.05) is 12.5 Å². The number of benzene rings is 1. The molecule has 5 nitrogen and oxygen atoms in total. The molecule has 1 aromatic carbocycles. The fourth-order valence-corrected chi connectivity index (χ4v) is 1.61. The van der Waals surface area contributed by atoms with Gasteiger partial charge >= 0.3 is 5.91 Å². The fourth-order valence-electron chi connectivity index (χ4n) is 1.30. The van der Waals surface area contributed by atoms with Gasteiger partial charge in [0.25, 0.3) is 0 Å². The van der Waals surface area contributed by atoms with Gasteiger partial charge in [0, 0.05) is 0 Å². The molecule has 2 aromatic rings. The summed E-state index contributed by atoms with van der Waals surface area (Å²) in [6, 6.07) is 10.4. The number of methoxy groups -OCH3 is 1. The second kappa shape index (κ2) is 5.59. The van der Waals surface area contributed by atoms with E-state index in [1.54, 1.807) is 43.5 Å². The maximum atomic E-state index is 11.6. The van der Waals surface area contributed by atoms with E-state index in [0.29, 0.717) is 4.67 Å². The molecule has 1 amide bonds. The molecule has 2 rings (SSSR count). The van der Waals surface area contributed by atoms with Gasteiger partial charge in [-0.1, -0.05) is 0 Å². The first-order valence-corrected chi connectivity index (χ1v) is 5.94. The zero-order valence-electron chi connectivity index (χ0n) is 9.57. The topological polar surface area (TPSA) is 63.5 Å². The number of hydrazine groups is 1. The summed E-state index contributed by atoms with van der Waals surface area (Å²) in [6.45, 7) is 0. The number of rotatable bonds is 4. The van der Waals surface area contributed by atoms with Crippen LogP contribution < -0.4 is 15.6 Å². The van der Waals surface area contributed by atoms with Crippen molar-refractivity contribution in [2.24, 2.45) is 0 Å². The van der Waals surface area contributed by atoms with Crippen molar-refractivity contribution in [2.45, 2.75) is 0 Å². The average molecular weight is 311 g/mol. The van der Waals surface area contributed by atoms with Crippen molar-refractivity contribution in [3.63, 3.8) is 0 Å². The number of carbonyl (C=O) groups excluding carboxylic acids is 1. The van der Waals surface area contributed by atoms with Crippen molar-refractivity contribution < 1.29 is 13.9 Å². The lowest BCUT2D eigenvalue weighted by atomic mass is 10.3. The molecule has 0 atom stereocenters. The minimum atomic E-state index is -0.350. The molecule has 0 radical (unpaired) electrons. The number of carbonyl (C=O) groups is 1. The quantitative estimate of drug-likeness (QED) is 0.852. The molecule has 0 aliphatic heterocycles. The van der Waals surface area contributed by atoms with E-state index in [9.17, 15) is 4.79 Å². The van der Waals surface area contributed by atoms with Crippen LogP contribution in [0.15, 0.2) is 45.5 Å². The minimum absolute atomic E-state index is 0.225. The van der Waals surface area contributed by atoms with Gasteiger partial charge in [0.15, 0.2) is 10.4 Å². The van der Waals surface area contributed by atoms with Gasteiger partial charge in [-0.05, 0) is 52.3 Å². The molecule has 0 saturated heterocycles. The molecule has 6 heteroatoms. The molecule has 1 heterocycles. The predicted molar refractivity (Wildman–Crippen MR) is 70.5 cm³/mol. The Balaban J connectivity index is 1.92. The lowest BCUT2D eigenvalue weighted by molar-refractivity contribution is 0.0934. The van der Waals surface area contributed by atoms with Crippen molar-refractivity contribution in [1.29, 1.82) is 0 Å². The molecule has 0 aliphatic rings. The summed E-state index contributed by atoms with van der Waals surface area (Å²) >= 11 is 3.13. The zero-order valence-corrected chi connectivity index (χ0v) is 11.2. The summed E-state index contributed by atoms with van der Waals surface area (Å²) in [7, 11) is 1.60. The van der Waals surface area contributed by atoms with Crippen LogP contribution in [-0.2, 0) is 0 Å². The molecule has 0 unspecified atom stereocenters. The predicted octanol–water partition coefficient (Wildman–Crippen LogP) is 2.81. The molecular formula is C12H11BrN2O3. The van der Waals surface area contributed by atoms with E-state index in [1.807, 2.05) is 0 Å². The number of hydrogen-bond donors (Lipinski definition) is 2. The molecule has 2 N–H and O–H groups in total. The fraction of sp³-hybridized carbons (Fsp3) is 0.0833. The number of amides is 1. The Kier molecular flexibility index (Phi) is 3.88. The van der Waals surface area contributed by atoms with E-state index < -0.39 is 0 Å². The first-order valence-electron chi connectivity index (χ1n) is 5.15. The molecule has 94 valence electrons. The number of ether oxygens (including phenoxy) is 1. The summed E-state index contributed by atoms with van der Waals surface area (Å²) in [4.78, 5) is 11.6. The summed E-state index contributed by atoms with van der Waals surface area (Å²) in [5, 5.41) is 0. The Bertz CT molecular complexity index is 537. The van der Waals surface area contributed by atoms with E-state index in [4.69, 9.17) is 9.15 Å². The molecule has 0 aliphatic carbocycles. The first kappa shape index (κ1) is 12.5. The van der Waals surface area contributed by atoms with Crippen LogP contribution in [0.3, 0.4) is 0 Å². The minimum Gasteiger partial charge on any atom is -0.497 e. The van der Waals surface area contributed by atoms with Gasteiger partial charge in [0.1, 0.15) is 5.75 Å². The smallest absolute Gasteiger partial charge is 0.305 e. The lowest BCUT2D eigenvalue weighted by Crippen LogP contribution is -2.28. The van der Waals surface area contributed by atoms with Gasteiger partial charge in [0.2, 0.25) is 0 Å². The highest BCUT2D eigenvalue weighted by atomic mass is 79.9. The molecular weight excluding hydrogens is 300 g/mol. The van der Waals surface area contributed by atoms with Crippen LogP contribution >= 0.6 is 15.9 Å². The summed E-state index contributed by atoms with van der Waals surface area (Å²) in [5.74, 6) is 0.626. The monoisotopic (exact) mass is 310 g/mol. The van der Waals surface area contributed by atoms with Crippen LogP contribution in [0.5, 0.6) is 5.75 Å². The Labute approximate surface area is 112 Å². The van der Waals surface area contributed by atoms with E-state index in [-0.39, 0.29) is 11.7 Å².